The highest BCUT2D eigenvalue weighted by Gasteiger charge is 2.32. The number of para-hydroxylation sites is 1. The number of hydrogen-bond acceptors (Lipinski definition) is 6. The zero-order chi connectivity index (χ0) is 19.7. The van der Waals surface area contributed by atoms with E-state index in [2.05, 4.69) is 10.1 Å². The van der Waals surface area contributed by atoms with Crippen LogP contribution in [0, 0.1) is 10.7 Å². The number of ether oxygens (including phenoxy) is 2. The van der Waals surface area contributed by atoms with Gasteiger partial charge in [0.1, 0.15) is 0 Å². The zero-order valence-corrected chi connectivity index (χ0v) is 15.9. The summed E-state index contributed by atoms with van der Waals surface area (Å²) in [6.45, 7) is 0. The van der Waals surface area contributed by atoms with Crippen LogP contribution in [0.5, 0.6) is 11.5 Å². The molecule has 0 bridgehead atoms. The van der Waals surface area contributed by atoms with Crippen molar-refractivity contribution in [2.75, 3.05) is 7.11 Å². The van der Waals surface area contributed by atoms with E-state index in [0.717, 1.165) is 17.5 Å². The van der Waals surface area contributed by atoms with Gasteiger partial charge in [-0.05, 0) is 61.0 Å². The van der Waals surface area contributed by atoms with E-state index in [4.69, 9.17) is 21.7 Å². The van der Waals surface area contributed by atoms with Crippen molar-refractivity contribution in [3.8, 4) is 11.5 Å². The van der Waals surface area contributed by atoms with E-state index < -0.39 is 0 Å². The average molecular weight is 395 g/mol. The highest BCUT2D eigenvalue weighted by Crippen LogP contribution is 2.34. The fourth-order valence-corrected chi connectivity index (χ4v) is 2.98. The lowest BCUT2D eigenvalue weighted by molar-refractivity contribution is -0.135. The molecule has 28 heavy (non-hydrogen) atoms. The molecular weight excluding hydrogens is 378 g/mol. The topological polar surface area (TPSA) is 85.7 Å². The maximum absolute atomic E-state index is 12.6. The molecule has 1 fully saturated rings. The Kier molecular flexibility index (Phi) is 4.79. The van der Waals surface area contributed by atoms with Crippen molar-refractivity contribution < 1.29 is 14.3 Å². The summed E-state index contributed by atoms with van der Waals surface area (Å²) in [5.41, 5.74) is 1.02. The average Bonchev–Trinajstić information content (AvgIpc) is 3.54. The second kappa shape index (κ2) is 7.40. The van der Waals surface area contributed by atoms with Gasteiger partial charge >= 0.3 is 5.97 Å². The van der Waals surface area contributed by atoms with Crippen molar-refractivity contribution in [3.63, 3.8) is 0 Å². The molecule has 0 saturated heterocycles. The second-order valence-corrected chi connectivity index (χ2v) is 6.83. The molecular formula is C20H17N3O4S. The third-order valence-electron chi connectivity index (χ3n) is 4.42. The minimum Gasteiger partial charge on any atom is -0.493 e. The Labute approximate surface area is 165 Å². The van der Waals surface area contributed by atoms with Gasteiger partial charge in [-0.3, -0.25) is 9.59 Å². The van der Waals surface area contributed by atoms with Crippen molar-refractivity contribution in [2.24, 2.45) is 11.0 Å². The SMILES string of the molecule is COc1cc(/C=N\n2c(=S)[nH]c3ccccc3c2=O)ccc1OC(=O)C1CC1. The molecule has 0 amide bonds. The summed E-state index contributed by atoms with van der Waals surface area (Å²) in [6, 6.07) is 12.1. The molecule has 4 rings (SSSR count). The van der Waals surface area contributed by atoms with Crippen LogP contribution in [0.3, 0.4) is 0 Å². The van der Waals surface area contributed by atoms with Crippen LogP contribution in [0.2, 0.25) is 0 Å². The fraction of sp³-hybridized carbons (Fsp3) is 0.200. The van der Waals surface area contributed by atoms with Crippen LogP contribution in [0.25, 0.3) is 10.9 Å². The smallest absolute Gasteiger partial charge is 0.314 e. The highest BCUT2D eigenvalue weighted by atomic mass is 32.1. The second-order valence-electron chi connectivity index (χ2n) is 6.44. The van der Waals surface area contributed by atoms with E-state index in [9.17, 15) is 9.59 Å². The largest absolute Gasteiger partial charge is 0.493 e. The molecule has 142 valence electrons. The van der Waals surface area contributed by atoms with Gasteiger partial charge in [0.2, 0.25) is 4.77 Å². The van der Waals surface area contributed by atoms with Crippen LogP contribution >= 0.6 is 12.2 Å². The molecule has 2 aromatic carbocycles. The monoisotopic (exact) mass is 395 g/mol. The van der Waals surface area contributed by atoms with E-state index in [-0.39, 0.29) is 22.2 Å². The summed E-state index contributed by atoms with van der Waals surface area (Å²) in [6.07, 6.45) is 3.23. The Balaban J connectivity index is 1.64. The van der Waals surface area contributed by atoms with Crippen LogP contribution in [0.4, 0.5) is 0 Å². The third kappa shape index (κ3) is 3.59. The number of fused-ring (bicyclic) bond motifs is 1. The molecule has 1 aliphatic rings. The minimum absolute atomic E-state index is 0.00699. The molecule has 1 saturated carbocycles. The van der Waals surface area contributed by atoms with Gasteiger partial charge in [-0.2, -0.15) is 9.78 Å². The van der Waals surface area contributed by atoms with E-state index in [0.29, 0.717) is 28.0 Å². The van der Waals surface area contributed by atoms with E-state index in [1.54, 1.807) is 36.4 Å². The van der Waals surface area contributed by atoms with Crippen LogP contribution in [-0.2, 0) is 4.79 Å². The number of aromatic nitrogens is 2. The van der Waals surface area contributed by atoms with Gasteiger partial charge in [0, 0.05) is 0 Å². The normalized spacial score (nSPS) is 13.8. The van der Waals surface area contributed by atoms with Crippen molar-refractivity contribution in [1.82, 2.24) is 9.66 Å². The summed E-state index contributed by atoms with van der Waals surface area (Å²) in [5.74, 6) is 0.520. The number of aromatic amines is 1. The quantitative estimate of drug-likeness (QED) is 0.310. The Hall–Kier alpha value is -3.26. The first-order valence-electron chi connectivity index (χ1n) is 8.75. The Morgan fingerprint density at radius 2 is 2.04 bits per heavy atom. The first-order chi connectivity index (χ1) is 13.6. The lowest BCUT2D eigenvalue weighted by Crippen LogP contribution is -2.18. The molecule has 8 heteroatoms. The molecule has 0 unspecified atom stereocenters. The highest BCUT2D eigenvalue weighted by molar-refractivity contribution is 7.71. The predicted molar refractivity (Wildman–Crippen MR) is 108 cm³/mol. The number of benzene rings is 2. The van der Waals surface area contributed by atoms with Crippen molar-refractivity contribution >= 4 is 35.3 Å². The minimum atomic E-state index is -0.308. The molecule has 1 N–H and O–H groups in total. The number of rotatable bonds is 5. The third-order valence-corrected chi connectivity index (χ3v) is 4.69. The maximum Gasteiger partial charge on any atom is 0.314 e. The van der Waals surface area contributed by atoms with E-state index >= 15 is 0 Å². The van der Waals surface area contributed by atoms with Crippen molar-refractivity contribution in [3.05, 3.63) is 63.2 Å². The molecule has 0 spiro atoms. The summed E-state index contributed by atoms with van der Waals surface area (Å²) >= 11 is 5.24. The molecule has 1 aromatic heterocycles. The number of carbonyl (C=O) groups excluding carboxylic acids is 1. The number of esters is 1. The maximum atomic E-state index is 12.6. The van der Waals surface area contributed by atoms with Crippen LogP contribution < -0.4 is 15.0 Å². The van der Waals surface area contributed by atoms with Gasteiger partial charge in [0.05, 0.1) is 30.1 Å². The molecule has 0 aliphatic heterocycles. The van der Waals surface area contributed by atoms with Gasteiger partial charge in [0.25, 0.3) is 5.56 Å². The standard InChI is InChI=1S/C20H17N3O4S/c1-26-17-10-12(6-9-16(17)27-19(25)13-7-8-13)11-21-23-18(24)14-4-2-3-5-15(14)22-20(23)28/h2-6,9-11,13H,7-8H2,1H3,(H,22,28)/b21-11-. The molecule has 0 atom stereocenters. The number of carbonyl (C=O) groups is 1. The van der Waals surface area contributed by atoms with Gasteiger partial charge in [-0.15, -0.1) is 0 Å². The Morgan fingerprint density at radius 3 is 2.79 bits per heavy atom. The van der Waals surface area contributed by atoms with Crippen LogP contribution in [-0.4, -0.2) is 29.0 Å². The van der Waals surface area contributed by atoms with Crippen molar-refractivity contribution in [1.29, 1.82) is 0 Å². The van der Waals surface area contributed by atoms with Gasteiger partial charge in [0.15, 0.2) is 11.5 Å². The first-order valence-corrected chi connectivity index (χ1v) is 9.16. The van der Waals surface area contributed by atoms with Crippen molar-refractivity contribution in [2.45, 2.75) is 12.8 Å². The van der Waals surface area contributed by atoms with Crippen LogP contribution in [0.15, 0.2) is 52.4 Å². The zero-order valence-electron chi connectivity index (χ0n) is 15.0. The predicted octanol–water partition coefficient (Wildman–Crippen LogP) is 3.27. The summed E-state index contributed by atoms with van der Waals surface area (Å²) < 4.78 is 12.0. The number of nitrogens with one attached hydrogen (secondary N) is 1. The lowest BCUT2D eigenvalue weighted by Gasteiger charge is -2.09. The number of methoxy groups -OCH3 is 1. The van der Waals surface area contributed by atoms with Gasteiger partial charge in [-0.1, -0.05) is 12.1 Å². The first kappa shape index (κ1) is 18.1. The molecule has 1 heterocycles. The Bertz CT molecular complexity index is 1210. The number of H-pyrrole nitrogens is 1. The van der Waals surface area contributed by atoms with E-state index in [1.165, 1.54) is 13.3 Å². The number of hydrogen-bond donors (Lipinski definition) is 1. The summed E-state index contributed by atoms with van der Waals surface area (Å²) in [7, 11) is 1.49. The van der Waals surface area contributed by atoms with Crippen LogP contribution in [0.1, 0.15) is 18.4 Å². The molecule has 0 radical (unpaired) electrons. The van der Waals surface area contributed by atoms with Gasteiger partial charge in [-0.25, -0.2) is 0 Å². The van der Waals surface area contributed by atoms with Gasteiger partial charge < -0.3 is 14.5 Å². The number of nitrogens with zero attached hydrogens (tertiary/aromatic N) is 2. The lowest BCUT2D eigenvalue weighted by atomic mass is 10.2. The van der Waals surface area contributed by atoms with E-state index in [1.807, 2.05) is 6.07 Å². The molecule has 1 aliphatic carbocycles. The fourth-order valence-electron chi connectivity index (χ4n) is 2.74. The molecule has 3 aromatic rings. The summed E-state index contributed by atoms with van der Waals surface area (Å²) in [4.78, 5) is 27.5. The summed E-state index contributed by atoms with van der Waals surface area (Å²) in [5, 5.41) is 4.70. The Morgan fingerprint density at radius 1 is 1.25 bits per heavy atom. The molecule has 7 nitrogen and oxygen atoms in total.